The molecule has 0 saturated carbocycles. The molecule has 0 unspecified atom stereocenters. The predicted molar refractivity (Wildman–Crippen MR) is 114 cm³/mol. The van der Waals surface area contributed by atoms with Gasteiger partial charge in [0.15, 0.2) is 5.16 Å². The molecule has 0 radical (unpaired) electrons. The van der Waals surface area contributed by atoms with Gasteiger partial charge in [0.1, 0.15) is 11.6 Å². The van der Waals surface area contributed by atoms with Crippen LogP contribution >= 0.6 is 11.8 Å². The number of ether oxygens (including phenoxy) is 1. The Morgan fingerprint density at radius 2 is 1.79 bits per heavy atom. The smallest absolute Gasteiger partial charge is 0.311 e. The summed E-state index contributed by atoms with van der Waals surface area (Å²) in [5, 5.41) is 3.99. The summed E-state index contributed by atoms with van der Waals surface area (Å²) in [4.78, 5) is 20.9. The second-order valence-corrected chi connectivity index (χ2v) is 7.49. The molecule has 3 aromatic rings. The average molecular weight is 394 g/mol. The number of rotatable bonds is 7. The molecule has 2 aromatic carbocycles. The third kappa shape index (κ3) is 5.57. The first kappa shape index (κ1) is 19.9. The van der Waals surface area contributed by atoms with Crippen molar-refractivity contribution in [3.63, 3.8) is 0 Å². The lowest BCUT2D eigenvalue weighted by Gasteiger charge is -2.10. The van der Waals surface area contributed by atoms with E-state index in [0.29, 0.717) is 23.1 Å². The fourth-order valence-corrected chi connectivity index (χ4v) is 2.98. The van der Waals surface area contributed by atoms with Crippen molar-refractivity contribution in [3.05, 3.63) is 60.7 Å². The van der Waals surface area contributed by atoms with E-state index in [9.17, 15) is 4.79 Å². The van der Waals surface area contributed by atoms with Gasteiger partial charge in [0.25, 0.3) is 0 Å². The minimum absolute atomic E-state index is 0.219. The van der Waals surface area contributed by atoms with Crippen LogP contribution in [0.4, 0.5) is 11.5 Å². The van der Waals surface area contributed by atoms with E-state index in [1.54, 1.807) is 12.1 Å². The molecular weight excluding hydrogens is 370 g/mol. The molecule has 5 nitrogen and oxygen atoms in total. The lowest BCUT2D eigenvalue weighted by atomic mass is 10.1. The average Bonchev–Trinajstić information content (AvgIpc) is 2.69. The molecule has 6 heteroatoms. The van der Waals surface area contributed by atoms with Crippen LogP contribution in [-0.2, 0) is 4.79 Å². The normalized spacial score (nSPS) is 10.7. The van der Waals surface area contributed by atoms with Crippen molar-refractivity contribution < 1.29 is 9.53 Å². The van der Waals surface area contributed by atoms with Crippen LogP contribution in [0.15, 0.2) is 65.8 Å². The molecular formula is C22H23N3O2S. The van der Waals surface area contributed by atoms with Crippen LogP contribution in [0, 0.1) is 5.92 Å². The molecule has 0 atom stereocenters. The molecule has 0 aliphatic heterocycles. The number of benzene rings is 2. The van der Waals surface area contributed by atoms with Crippen LogP contribution in [0.5, 0.6) is 5.75 Å². The summed E-state index contributed by atoms with van der Waals surface area (Å²) in [6.07, 6.45) is 2.36. The zero-order valence-electron chi connectivity index (χ0n) is 16.2. The van der Waals surface area contributed by atoms with Gasteiger partial charge in [-0.2, -0.15) is 0 Å². The van der Waals surface area contributed by atoms with E-state index < -0.39 is 0 Å². The Morgan fingerprint density at radius 3 is 2.43 bits per heavy atom. The second kappa shape index (κ2) is 9.37. The van der Waals surface area contributed by atoms with Gasteiger partial charge in [-0.15, -0.1) is 0 Å². The number of nitrogens with zero attached hydrogens (tertiary/aromatic N) is 2. The molecule has 0 bridgehead atoms. The van der Waals surface area contributed by atoms with Gasteiger partial charge in [0.2, 0.25) is 0 Å². The van der Waals surface area contributed by atoms with E-state index in [0.717, 1.165) is 16.9 Å². The largest absolute Gasteiger partial charge is 0.427 e. The highest BCUT2D eigenvalue weighted by molar-refractivity contribution is 7.98. The summed E-state index contributed by atoms with van der Waals surface area (Å²) in [7, 11) is 0. The zero-order valence-corrected chi connectivity index (χ0v) is 17.0. The third-order valence-electron chi connectivity index (χ3n) is 3.89. The number of esters is 1. The van der Waals surface area contributed by atoms with Gasteiger partial charge in [-0.1, -0.05) is 55.9 Å². The van der Waals surface area contributed by atoms with Crippen molar-refractivity contribution in [2.45, 2.75) is 25.4 Å². The monoisotopic (exact) mass is 393 g/mol. The fourth-order valence-electron chi connectivity index (χ4n) is 2.60. The maximum Gasteiger partial charge on any atom is 0.311 e. The maximum absolute atomic E-state index is 11.8. The van der Waals surface area contributed by atoms with Crippen molar-refractivity contribution in [1.82, 2.24) is 9.97 Å². The van der Waals surface area contributed by atoms with Crippen LogP contribution in [0.25, 0.3) is 11.3 Å². The number of hydrogen-bond donors (Lipinski definition) is 1. The number of aromatic nitrogens is 2. The Hall–Kier alpha value is -2.86. The molecule has 0 fully saturated rings. The summed E-state index contributed by atoms with van der Waals surface area (Å²) >= 11 is 1.50. The molecule has 1 heterocycles. The lowest BCUT2D eigenvalue weighted by Crippen LogP contribution is -2.10. The Balaban J connectivity index is 1.75. The Kier molecular flexibility index (Phi) is 6.66. The lowest BCUT2D eigenvalue weighted by molar-refractivity contribution is -0.135. The zero-order chi connectivity index (χ0) is 19.9. The maximum atomic E-state index is 11.8. The SMILES string of the molecule is CSc1nc(Nc2ccc(OC(=O)CC(C)C)cc2)cc(-c2ccccc2)n1. The number of hydrogen-bond acceptors (Lipinski definition) is 6. The molecule has 0 saturated heterocycles. The second-order valence-electron chi connectivity index (χ2n) is 6.71. The first-order chi connectivity index (χ1) is 13.5. The molecule has 0 amide bonds. The van der Waals surface area contributed by atoms with Gasteiger partial charge in [0, 0.05) is 23.7 Å². The van der Waals surface area contributed by atoms with Crippen molar-refractivity contribution >= 4 is 29.2 Å². The predicted octanol–water partition coefficient (Wildman–Crippen LogP) is 5.56. The number of carbonyl (C=O) groups excluding carboxylic acids is 1. The molecule has 0 spiro atoms. The highest BCUT2D eigenvalue weighted by Gasteiger charge is 2.09. The Morgan fingerprint density at radius 1 is 1.07 bits per heavy atom. The summed E-state index contributed by atoms with van der Waals surface area (Å²) in [6.45, 7) is 3.98. The highest BCUT2D eigenvalue weighted by Crippen LogP contribution is 2.25. The summed E-state index contributed by atoms with van der Waals surface area (Å²) < 4.78 is 5.35. The number of nitrogens with one attached hydrogen (secondary N) is 1. The van der Waals surface area contributed by atoms with E-state index in [4.69, 9.17) is 4.74 Å². The molecule has 28 heavy (non-hydrogen) atoms. The first-order valence-corrected chi connectivity index (χ1v) is 10.3. The van der Waals surface area contributed by atoms with Crippen molar-refractivity contribution in [2.24, 2.45) is 5.92 Å². The summed E-state index contributed by atoms with van der Waals surface area (Å²) in [5.74, 6) is 1.30. The number of anilines is 2. The van der Waals surface area contributed by atoms with Crippen molar-refractivity contribution in [2.75, 3.05) is 11.6 Å². The van der Waals surface area contributed by atoms with E-state index in [-0.39, 0.29) is 11.9 Å². The van der Waals surface area contributed by atoms with Crippen molar-refractivity contribution in [3.8, 4) is 17.0 Å². The van der Waals surface area contributed by atoms with E-state index in [1.165, 1.54) is 11.8 Å². The van der Waals surface area contributed by atoms with Crippen molar-refractivity contribution in [1.29, 1.82) is 0 Å². The Labute approximate surface area is 169 Å². The van der Waals surface area contributed by atoms with Gasteiger partial charge in [-0.05, 0) is 36.4 Å². The number of carbonyl (C=O) groups is 1. The molecule has 0 aliphatic carbocycles. The molecule has 144 valence electrons. The topological polar surface area (TPSA) is 64.1 Å². The molecule has 3 rings (SSSR count). The van der Waals surface area contributed by atoms with Gasteiger partial charge in [0.05, 0.1) is 5.69 Å². The van der Waals surface area contributed by atoms with Gasteiger partial charge in [-0.25, -0.2) is 9.97 Å². The quantitative estimate of drug-likeness (QED) is 0.245. The van der Waals surface area contributed by atoms with Crippen LogP contribution in [0.1, 0.15) is 20.3 Å². The summed E-state index contributed by atoms with van der Waals surface area (Å²) in [6, 6.07) is 19.2. The van der Waals surface area contributed by atoms with Crippen LogP contribution in [-0.4, -0.2) is 22.2 Å². The molecule has 0 aliphatic rings. The standard InChI is InChI=1S/C22H23N3O2S/c1-15(2)13-21(26)27-18-11-9-17(10-12-18)23-20-14-19(24-22(25-20)28-3)16-7-5-4-6-8-16/h4-12,14-15H,13H2,1-3H3,(H,23,24,25). The molecule has 1 N–H and O–H groups in total. The van der Waals surface area contributed by atoms with Gasteiger partial charge in [-0.3, -0.25) is 4.79 Å². The van der Waals surface area contributed by atoms with Crippen LogP contribution in [0.2, 0.25) is 0 Å². The van der Waals surface area contributed by atoms with E-state index in [1.807, 2.05) is 68.6 Å². The van der Waals surface area contributed by atoms with Gasteiger partial charge < -0.3 is 10.1 Å². The highest BCUT2D eigenvalue weighted by atomic mass is 32.2. The molecule has 1 aromatic heterocycles. The van der Waals surface area contributed by atoms with E-state index >= 15 is 0 Å². The summed E-state index contributed by atoms with van der Waals surface area (Å²) in [5.41, 5.74) is 2.76. The van der Waals surface area contributed by atoms with Crippen LogP contribution in [0.3, 0.4) is 0 Å². The van der Waals surface area contributed by atoms with E-state index in [2.05, 4.69) is 15.3 Å². The minimum atomic E-state index is -0.219. The Bertz CT molecular complexity index is 928. The van der Waals surface area contributed by atoms with Crippen LogP contribution < -0.4 is 10.1 Å². The first-order valence-electron chi connectivity index (χ1n) is 9.10. The minimum Gasteiger partial charge on any atom is -0.427 e. The third-order valence-corrected chi connectivity index (χ3v) is 4.44. The fraction of sp³-hybridized carbons (Fsp3) is 0.227. The van der Waals surface area contributed by atoms with Gasteiger partial charge >= 0.3 is 5.97 Å². The number of thioether (sulfide) groups is 1.